The zero-order valence-corrected chi connectivity index (χ0v) is 30.3. The summed E-state index contributed by atoms with van der Waals surface area (Å²) >= 11 is 0. The molecule has 1 aliphatic rings. The van der Waals surface area contributed by atoms with Gasteiger partial charge in [0.25, 0.3) is 0 Å². The Morgan fingerprint density at radius 1 is 0.667 bits per heavy atom. The van der Waals surface area contributed by atoms with Crippen LogP contribution in [0.1, 0.15) is 145 Å². The van der Waals surface area contributed by atoms with Crippen molar-refractivity contribution < 1.29 is 12.9 Å². The van der Waals surface area contributed by atoms with Crippen molar-refractivity contribution in [2.45, 2.75) is 151 Å². The number of hydrogen-bond donors (Lipinski definition) is 0. The zero-order chi connectivity index (χ0) is 31.6. The normalized spacial score (nSPS) is 21.0. The largest absolute Gasteiger partial charge is 0.399 e. The Kier molecular flexibility index (Phi) is 8.96. The molecule has 42 heavy (non-hydrogen) atoms. The second-order valence-electron chi connectivity index (χ2n) is 17.7. The summed E-state index contributed by atoms with van der Waals surface area (Å²) in [6, 6.07) is 9.47. The SMILES string of the molecule is CC(C)[C@@H]1CC[C@@H](C)C[C@H]1Op1oc2c(C(C)(C)C)cc(C(C)(C)C)cc2c2cc(C(C)(C)C)cc(C(C)(C)C)c2o1. The maximum atomic E-state index is 7.04. The van der Waals surface area contributed by atoms with Gasteiger partial charge in [-0.1, -0.05) is 122 Å². The van der Waals surface area contributed by atoms with Gasteiger partial charge in [0.1, 0.15) is 11.2 Å². The zero-order valence-electron chi connectivity index (χ0n) is 29.4. The van der Waals surface area contributed by atoms with E-state index in [0.717, 1.165) is 28.4 Å². The minimum atomic E-state index is -1.67. The highest BCUT2D eigenvalue weighted by Gasteiger charge is 2.34. The lowest BCUT2D eigenvalue weighted by molar-refractivity contribution is 0.0746. The molecular weight excluding hydrogens is 535 g/mol. The Balaban J connectivity index is 2.21. The highest BCUT2D eigenvalue weighted by Crippen LogP contribution is 2.46. The van der Waals surface area contributed by atoms with E-state index in [1.54, 1.807) is 0 Å². The van der Waals surface area contributed by atoms with Gasteiger partial charge in [-0.2, -0.15) is 0 Å². The van der Waals surface area contributed by atoms with E-state index in [4.69, 9.17) is 12.9 Å². The lowest BCUT2D eigenvalue weighted by Crippen LogP contribution is -2.35. The van der Waals surface area contributed by atoms with Crippen LogP contribution in [-0.2, 0) is 21.7 Å². The van der Waals surface area contributed by atoms with Crippen molar-refractivity contribution in [3.8, 4) is 0 Å². The molecule has 1 fully saturated rings. The van der Waals surface area contributed by atoms with Gasteiger partial charge in [-0.05, 0) is 75.5 Å². The standard InChI is InChI=1S/C38H59O3P/c1-23(2)27-17-16-24(3)18-32(27)39-42-40-33-28(19-25(35(4,5)6)21-30(33)37(10,11)12)29-20-26(36(7,8)9)22-31(34(29)41-42)38(13,14)15/h19-24,27,32H,16-18H2,1-15H3/t24-,27+,32-/m1/s1. The fraction of sp³-hybridized carbons (Fsp3) is 0.684. The van der Waals surface area contributed by atoms with Gasteiger partial charge in [-0.25, -0.2) is 0 Å². The molecule has 0 unspecified atom stereocenters. The molecule has 1 aromatic heterocycles. The summed E-state index contributed by atoms with van der Waals surface area (Å²) in [5.41, 5.74) is 6.65. The molecule has 0 radical (unpaired) electrons. The molecule has 0 bridgehead atoms. The molecule has 1 heterocycles. The number of fused-ring (bicyclic) bond motifs is 3. The molecule has 0 amide bonds. The molecule has 1 aliphatic carbocycles. The van der Waals surface area contributed by atoms with E-state index in [1.807, 2.05) is 0 Å². The fourth-order valence-electron chi connectivity index (χ4n) is 6.39. The summed E-state index contributed by atoms with van der Waals surface area (Å²) in [5.74, 6) is 1.71. The second kappa shape index (κ2) is 11.3. The molecular formula is C38H59O3P. The Morgan fingerprint density at radius 3 is 1.45 bits per heavy atom. The summed E-state index contributed by atoms with van der Waals surface area (Å²) in [6.45, 7) is 34.6. The lowest BCUT2D eigenvalue weighted by atomic mass is 9.75. The Hall–Kier alpha value is -1.70. The van der Waals surface area contributed by atoms with Crippen LogP contribution in [0.25, 0.3) is 21.9 Å². The van der Waals surface area contributed by atoms with E-state index in [1.165, 1.54) is 35.1 Å². The predicted octanol–water partition coefficient (Wildman–Crippen LogP) is 12.4. The van der Waals surface area contributed by atoms with Crippen LogP contribution in [0.15, 0.2) is 32.7 Å². The number of rotatable bonds is 3. The van der Waals surface area contributed by atoms with E-state index >= 15 is 0 Å². The van der Waals surface area contributed by atoms with Gasteiger partial charge in [0.2, 0.25) is 0 Å². The van der Waals surface area contributed by atoms with Crippen LogP contribution in [0.3, 0.4) is 0 Å². The quantitative estimate of drug-likeness (QED) is 0.302. The topological polar surface area (TPSA) is 35.5 Å². The summed E-state index contributed by atoms with van der Waals surface area (Å²) in [4.78, 5) is 0. The van der Waals surface area contributed by atoms with Gasteiger partial charge in [0, 0.05) is 21.9 Å². The van der Waals surface area contributed by atoms with Crippen LogP contribution < -0.4 is 4.52 Å². The summed E-state index contributed by atoms with van der Waals surface area (Å²) in [5, 5.41) is 2.26. The van der Waals surface area contributed by atoms with E-state index < -0.39 is 8.24 Å². The van der Waals surface area contributed by atoms with Gasteiger partial charge in [-0.15, -0.1) is 0 Å². The third-order valence-electron chi connectivity index (χ3n) is 9.33. The van der Waals surface area contributed by atoms with Crippen LogP contribution in [0.2, 0.25) is 0 Å². The second-order valence-corrected chi connectivity index (χ2v) is 18.7. The molecule has 0 N–H and O–H groups in total. The van der Waals surface area contributed by atoms with Crippen molar-refractivity contribution in [3.63, 3.8) is 0 Å². The van der Waals surface area contributed by atoms with Crippen molar-refractivity contribution >= 4 is 30.2 Å². The minimum Gasteiger partial charge on any atom is -0.399 e. The van der Waals surface area contributed by atoms with Crippen LogP contribution in [0, 0.1) is 17.8 Å². The molecule has 2 aromatic carbocycles. The molecule has 0 saturated heterocycles. The van der Waals surface area contributed by atoms with Gasteiger partial charge in [-0.3, -0.25) is 4.52 Å². The van der Waals surface area contributed by atoms with E-state index in [2.05, 4.69) is 128 Å². The lowest BCUT2D eigenvalue weighted by Gasteiger charge is -2.35. The molecule has 0 aliphatic heterocycles. The first kappa shape index (κ1) is 33.2. The van der Waals surface area contributed by atoms with E-state index in [9.17, 15) is 0 Å². The van der Waals surface area contributed by atoms with Crippen LogP contribution in [0.5, 0.6) is 0 Å². The van der Waals surface area contributed by atoms with Crippen molar-refractivity contribution in [2.75, 3.05) is 0 Å². The highest BCUT2D eigenvalue weighted by atomic mass is 31.1. The Labute approximate surface area is 257 Å². The van der Waals surface area contributed by atoms with Gasteiger partial charge >= 0.3 is 8.24 Å². The first-order valence-corrected chi connectivity index (χ1v) is 17.4. The van der Waals surface area contributed by atoms with Gasteiger partial charge in [0.15, 0.2) is 0 Å². The first-order chi connectivity index (χ1) is 19.1. The number of hydrogen-bond acceptors (Lipinski definition) is 3. The van der Waals surface area contributed by atoms with Crippen LogP contribution >= 0.6 is 8.24 Å². The minimum absolute atomic E-state index is 0.0131. The monoisotopic (exact) mass is 594 g/mol. The average Bonchev–Trinajstić information content (AvgIpc) is 2.96. The van der Waals surface area contributed by atoms with Crippen molar-refractivity contribution in [3.05, 3.63) is 46.5 Å². The maximum absolute atomic E-state index is 7.04. The van der Waals surface area contributed by atoms with E-state index in [-0.39, 0.29) is 27.8 Å². The summed E-state index contributed by atoms with van der Waals surface area (Å²) < 4.78 is 21.1. The number of benzene rings is 2. The third kappa shape index (κ3) is 6.99. The van der Waals surface area contributed by atoms with Gasteiger partial charge in [0.05, 0.1) is 6.10 Å². The molecule has 4 heteroatoms. The van der Waals surface area contributed by atoms with Crippen molar-refractivity contribution in [1.29, 1.82) is 0 Å². The van der Waals surface area contributed by atoms with Crippen molar-refractivity contribution in [1.82, 2.24) is 0 Å². The van der Waals surface area contributed by atoms with Crippen molar-refractivity contribution in [2.24, 2.45) is 17.8 Å². The van der Waals surface area contributed by atoms with Crippen LogP contribution in [0.4, 0.5) is 0 Å². The summed E-state index contributed by atoms with van der Waals surface area (Å²) in [6.07, 6.45) is 3.65. The molecule has 4 rings (SSSR count). The Bertz CT molecular complexity index is 1370. The van der Waals surface area contributed by atoms with Crippen LogP contribution in [-0.4, -0.2) is 6.10 Å². The molecule has 234 valence electrons. The summed E-state index contributed by atoms with van der Waals surface area (Å²) in [7, 11) is -1.67. The highest BCUT2D eigenvalue weighted by molar-refractivity contribution is 7.31. The fourth-order valence-corrected chi connectivity index (χ4v) is 7.67. The molecule has 3 aromatic rings. The molecule has 3 nitrogen and oxygen atoms in total. The molecule has 3 atom stereocenters. The smallest absolute Gasteiger partial charge is 0.387 e. The molecule has 0 spiro atoms. The Morgan fingerprint density at radius 2 is 1.10 bits per heavy atom. The van der Waals surface area contributed by atoms with E-state index in [0.29, 0.717) is 17.8 Å². The molecule has 1 saturated carbocycles. The third-order valence-corrected chi connectivity index (χ3v) is 10.4. The first-order valence-electron chi connectivity index (χ1n) is 16.3. The average molecular weight is 595 g/mol. The predicted molar refractivity (Wildman–Crippen MR) is 183 cm³/mol. The van der Waals surface area contributed by atoms with Gasteiger partial charge < -0.3 is 8.39 Å². The maximum Gasteiger partial charge on any atom is 0.387 e.